The van der Waals surface area contributed by atoms with E-state index in [1.165, 1.54) is 23.9 Å². The third-order valence-electron chi connectivity index (χ3n) is 4.02. The van der Waals surface area contributed by atoms with Crippen molar-refractivity contribution < 1.29 is 18.0 Å². The van der Waals surface area contributed by atoms with Crippen molar-refractivity contribution in [3.63, 3.8) is 0 Å². The molecule has 10 heteroatoms. The van der Waals surface area contributed by atoms with Crippen LogP contribution in [0.3, 0.4) is 0 Å². The Morgan fingerprint density at radius 2 is 1.89 bits per heavy atom. The van der Waals surface area contributed by atoms with Crippen molar-refractivity contribution in [2.75, 3.05) is 7.05 Å². The maximum absolute atomic E-state index is 12.8. The van der Waals surface area contributed by atoms with Crippen LogP contribution in [0.25, 0.3) is 17.2 Å². The van der Waals surface area contributed by atoms with Crippen LogP contribution in [0, 0.1) is 6.92 Å². The largest absolute Gasteiger partial charge is 0.416 e. The zero-order chi connectivity index (χ0) is 19.8. The molecule has 0 saturated heterocycles. The maximum Gasteiger partial charge on any atom is 0.416 e. The summed E-state index contributed by atoms with van der Waals surface area (Å²) in [6.07, 6.45) is -2.87. The van der Waals surface area contributed by atoms with E-state index in [-0.39, 0.29) is 18.2 Å². The predicted molar refractivity (Wildman–Crippen MR) is 91.1 cm³/mol. The molecule has 7 nitrogen and oxygen atoms in total. The number of amides is 1. The summed E-state index contributed by atoms with van der Waals surface area (Å²) in [6, 6.07) is 4.59. The smallest absolute Gasteiger partial charge is 0.359 e. The van der Waals surface area contributed by atoms with Gasteiger partial charge in [0.1, 0.15) is 5.69 Å². The quantitative estimate of drug-likeness (QED) is 0.756. The molecule has 0 aliphatic heterocycles. The molecular weight excluding hydrogens is 361 g/mol. The molecule has 1 aromatic carbocycles. The molecule has 1 N–H and O–H groups in total. The predicted octanol–water partition coefficient (Wildman–Crippen LogP) is 2.28. The number of benzene rings is 1. The van der Waals surface area contributed by atoms with Crippen LogP contribution in [0.5, 0.6) is 0 Å². The standard InChI is InChI=1S/C17H17F3N6O/c1-10-15(25(3)9-22-10)16-23-13(8-14(27)21-2)24-26(16)12-6-4-11(5-7-12)17(18,19)20/h4-7,9H,8H2,1-3H3,(H,21,27). The number of nitrogens with one attached hydrogen (secondary N) is 1. The van der Waals surface area contributed by atoms with Gasteiger partial charge in [-0.3, -0.25) is 4.79 Å². The van der Waals surface area contributed by atoms with Gasteiger partial charge in [-0.25, -0.2) is 14.6 Å². The first-order valence-electron chi connectivity index (χ1n) is 8.03. The summed E-state index contributed by atoms with van der Waals surface area (Å²) in [5.74, 6) is 0.379. The number of hydrogen-bond donors (Lipinski definition) is 1. The van der Waals surface area contributed by atoms with Crippen LogP contribution in [0.4, 0.5) is 13.2 Å². The molecule has 1 amide bonds. The van der Waals surface area contributed by atoms with Crippen molar-refractivity contribution in [1.29, 1.82) is 0 Å². The highest BCUT2D eigenvalue weighted by molar-refractivity contribution is 5.77. The minimum absolute atomic E-state index is 0.0476. The summed E-state index contributed by atoms with van der Waals surface area (Å²) in [4.78, 5) is 20.3. The number of carbonyl (C=O) groups excluding carboxylic acids is 1. The Hall–Kier alpha value is -3.17. The van der Waals surface area contributed by atoms with Crippen molar-refractivity contribution in [3.05, 3.63) is 47.7 Å². The number of aromatic nitrogens is 5. The van der Waals surface area contributed by atoms with E-state index < -0.39 is 11.7 Å². The van der Waals surface area contributed by atoms with Gasteiger partial charge in [-0.2, -0.15) is 18.3 Å². The molecule has 0 aliphatic rings. The minimum Gasteiger partial charge on any atom is -0.359 e. The molecule has 0 unspecified atom stereocenters. The van der Waals surface area contributed by atoms with Gasteiger partial charge >= 0.3 is 6.18 Å². The molecule has 0 saturated carbocycles. The van der Waals surface area contributed by atoms with E-state index in [0.29, 0.717) is 22.9 Å². The first-order chi connectivity index (χ1) is 12.7. The summed E-state index contributed by atoms with van der Waals surface area (Å²) in [5, 5.41) is 6.81. The molecule has 3 aromatic rings. The SMILES string of the molecule is CNC(=O)Cc1nc(-c2c(C)ncn2C)n(-c2ccc(C(F)(F)F)cc2)n1. The van der Waals surface area contributed by atoms with Gasteiger partial charge in [-0.05, 0) is 31.2 Å². The zero-order valence-electron chi connectivity index (χ0n) is 14.9. The fourth-order valence-electron chi connectivity index (χ4n) is 2.65. The molecule has 0 radical (unpaired) electrons. The Bertz CT molecular complexity index is 952. The summed E-state index contributed by atoms with van der Waals surface area (Å²) in [7, 11) is 3.28. The zero-order valence-corrected chi connectivity index (χ0v) is 14.9. The minimum atomic E-state index is -4.42. The highest BCUT2D eigenvalue weighted by Crippen LogP contribution is 2.30. The average molecular weight is 378 g/mol. The maximum atomic E-state index is 12.8. The van der Waals surface area contributed by atoms with Gasteiger partial charge in [0.25, 0.3) is 0 Å². The Morgan fingerprint density at radius 3 is 2.41 bits per heavy atom. The second-order valence-corrected chi connectivity index (χ2v) is 5.95. The van der Waals surface area contributed by atoms with Crippen LogP contribution < -0.4 is 5.32 Å². The fraction of sp³-hybridized carbons (Fsp3) is 0.294. The first-order valence-corrected chi connectivity index (χ1v) is 8.03. The Labute approximate surface area is 152 Å². The lowest BCUT2D eigenvalue weighted by atomic mass is 10.2. The number of hydrogen-bond acceptors (Lipinski definition) is 4. The van der Waals surface area contributed by atoms with Gasteiger partial charge in [-0.15, -0.1) is 0 Å². The van der Waals surface area contributed by atoms with Crippen molar-refractivity contribution >= 4 is 5.91 Å². The monoisotopic (exact) mass is 378 g/mol. The van der Waals surface area contributed by atoms with Gasteiger partial charge < -0.3 is 9.88 Å². The number of likely N-dealkylation sites (N-methyl/N-ethyl adjacent to an activating group) is 1. The number of halogens is 3. The summed E-state index contributed by atoms with van der Waals surface area (Å²) in [6.45, 7) is 1.79. The molecule has 0 bridgehead atoms. The highest BCUT2D eigenvalue weighted by Gasteiger charge is 2.30. The lowest BCUT2D eigenvalue weighted by Gasteiger charge is -2.10. The van der Waals surface area contributed by atoms with Gasteiger partial charge in [-0.1, -0.05) is 0 Å². The lowest BCUT2D eigenvalue weighted by Crippen LogP contribution is -2.20. The van der Waals surface area contributed by atoms with E-state index in [1.807, 2.05) is 0 Å². The molecule has 0 aliphatic carbocycles. The second-order valence-electron chi connectivity index (χ2n) is 5.95. The molecule has 27 heavy (non-hydrogen) atoms. The van der Waals surface area contributed by atoms with Gasteiger partial charge in [0.2, 0.25) is 5.91 Å². The Balaban J connectivity index is 2.11. The number of rotatable bonds is 4. The van der Waals surface area contributed by atoms with E-state index >= 15 is 0 Å². The lowest BCUT2D eigenvalue weighted by molar-refractivity contribution is -0.137. The van der Waals surface area contributed by atoms with Crippen molar-refractivity contribution in [2.45, 2.75) is 19.5 Å². The Morgan fingerprint density at radius 1 is 1.22 bits per heavy atom. The first kappa shape index (κ1) is 18.6. The highest BCUT2D eigenvalue weighted by atomic mass is 19.4. The van der Waals surface area contributed by atoms with Gasteiger partial charge in [0.05, 0.1) is 29.7 Å². The van der Waals surface area contributed by atoms with E-state index in [2.05, 4.69) is 20.4 Å². The number of nitrogens with zero attached hydrogens (tertiary/aromatic N) is 5. The van der Waals surface area contributed by atoms with Crippen molar-refractivity contribution in [1.82, 2.24) is 29.6 Å². The van der Waals surface area contributed by atoms with Crippen LogP contribution >= 0.6 is 0 Å². The number of imidazole rings is 1. The number of carbonyl (C=O) groups is 1. The second kappa shape index (κ2) is 6.86. The average Bonchev–Trinajstić information content (AvgIpc) is 3.17. The molecule has 2 aromatic heterocycles. The van der Waals surface area contributed by atoms with Crippen LogP contribution in [0.15, 0.2) is 30.6 Å². The molecule has 0 fully saturated rings. The van der Waals surface area contributed by atoms with Crippen LogP contribution in [-0.4, -0.2) is 37.3 Å². The van der Waals surface area contributed by atoms with Crippen molar-refractivity contribution in [3.8, 4) is 17.2 Å². The molecule has 3 rings (SSSR count). The van der Waals surface area contributed by atoms with Gasteiger partial charge in [0, 0.05) is 14.1 Å². The van der Waals surface area contributed by atoms with Crippen LogP contribution in [-0.2, 0) is 24.4 Å². The third-order valence-corrected chi connectivity index (χ3v) is 4.02. The summed E-state index contributed by atoms with van der Waals surface area (Å²) < 4.78 is 41.6. The number of alkyl halides is 3. The molecule has 0 atom stereocenters. The van der Waals surface area contributed by atoms with E-state index in [1.54, 1.807) is 24.9 Å². The topological polar surface area (TPSA) is 77.6 Å². The number of aryl methyl sites for hydroxylation is 2. The molecule has 2 heterocycles. The normalized spacial score (nSPS) is 11.6. The van der Waals surface area contributed by atoms with Crippen LogP contribution in [0.2, 0.25) is 0 Å². The summed E-state index contributed by atoms with van der Waals surface area (Å²) in [5.41, 5.74) is 0.986. The van der Waals surface area contributed by atoms with E-state index in [9.17, 15) is 18.0 Å². The molecule has 0 spiro atoms. The Kier molecular flexibility index (Phi) is 4.73. The fourth-order valence-corrected chi connectivity index (χ4v) is 2.65. The molecular formula is C17H17F3N6O. The summed E-state index contributed by atoms with van der Waals surface area (Å²) >= 11 is 0. The third kappa shape index (κ3) is 3.69. The molecule has 142 valence electrons. The van der Waals surface area contributed by atoms with Gasteiger partial charge in [0.15, 0.2) is 11.6 Å². The van der Waals surface area contributed by atoms with Crippen LogP contribution in [0.1, 0.15) is 17.1 Å². The van der Waals surface area contributed by atoms with Crippen molar-refractivity contribution in [2.24, 2.45) is 7.05 Å². The van der Waals surface area contributed by atoms with E-state index in [4.69, 9.17) is 0 Å². The van der Waals surface area contributed by atoms with E-state index in [0.717, 1.165) is 12.1 Å².